The largest absolute Gasteiger partial charge is 0.478 e. The number of anilines is 1. The fourth-order valence-electron chi connectivity index (χ4n) is 2.23. The molecule has 2 aromatic carbocycles. The number of nitrogens with zero attached hydrogens (tertiary/aromatic N) is 1. The van der Waals surface area contributed by atoms with Gasteiger partial charge in [0.25, 0.3) is 5.91 Å². The number of aromatic carboxylic acids is 1. The van der Waals surface area contributed by atoms with Crippen LogP contribution in [0.1, 0.15) is 10.4 Å². The number of rotatable bonds is 6. The summed E-state index contributed by atoms with van der Waals surface area (Å²) in [6, 6.07) is 7.87. The number of nitrogens with one attached hydrogen (secondary N) is 1. The highest BCUT2D eigenvalue weighted by atomic mass is 16.7. The molecule has 0 bridgehead atoms. The van der Waals surface area contributed by atoms with Crippen LogP contribution in [-0.2, 0) is 4.79 Å². The molecule has 0 fully saturated rings. The lowest BCUT2D eigenvalue weighted by Crippen LogP contribution is -2.20. The van der Waals surface area contributed by atoms with E-state index < -0.39 is 29.1 Å². The number of fused-ring (bicyclic) bond motifs is 1. The first kappa shape index (κ1) is 17.0. The van der Waals surface area contributed by atoms with Crippen LogP contribution in [0, 0.1) is 10.1 Å². The molecule has 1 heterocycles. The van der Waals surface area contributed by atoms with Crippen molar-refractivity contribution in [3.8, 4) is 17.2 Å². The van der Waals surface area contributed by atoms with Gasteiger partial charge < -0.3 is 24.6 Å². The summed E-state index contributed by atoms with van der Waals surface area (Å²) < 4.78 is 15.5. The van der Waals surface area contributed by atoms with E-state index in [1.807, 2.05) is 0 Å². The van der Waals surface area contributed by atoms with Gasteiger partial charge in [0.1, 0.15) is 0 Å². The van der Waals surface area contributed by atoms with Crippen LogP contribution in [0.4, 0.5) is 11.4 Å². The molecule has 26 heavy (non-hydrogen) atoms. The van der Waals surface area contributed by atoms with Gasteiger partial charge in [0.2, 0.25) is 6.79 Å². The lowest BCUT2D eigenvalue weighted by molar-refractivity contribution is -0.385. The van der Waals surface area contributed by atoms with Crippen molar-refractivity contribution in [2.45, 2.75) is 0 Å². The highest BCUT2D eigenvalue weighted by Gasteiger charge is 2.19. The Bertz CT molecular complexity index is 896. The summed E-state index contributed by atoms with van der Waals surface area (Å²) >= 11 is 0. The van der Waals surface area contributed by atoms with Crippen LogP contribution >= 0.6 is 0 Å². The highest BCUT2D eigenvalue weighted by Crippen LogP contribution is 2.34. The standard InChI is InChI=1S/C16H12N2O8/c19-15(17-10-2-4-12-14(6-10)26-8-25-12)7-24-13-5-9(16(20)21)1-3-11(13)18(22)23/h1-6H,7-8H2,(H,17,19)(H,20,21). The Morgan fingerprint density at radius 3 is 2.69 bits per heavy atom. The molecule has 0 unspecified atom stereocenters. The van der Waals surface area contributed by atoms with E-state index >= 15 is 0 Å². The average Bonchev–Trinajstić information content (AvgIpc) is 3.07. The van der Waals surface area contributed by atoms with Crippen molar-refractivity contribution in [1.29, 1.82) is 0 Å². The van der Waals surface area contributed by atoms with Crippen LogP contribution in [0.2, 0.25) is 0 Å². The molecule has 134 valence electrons. The normalized spacial score (nSPS) is 11.7. The summed E-state index contributed by atoms with van der Waals surface area (Å²) in [4.78, 5) is 33.2. The Kier molecular flexibility index (Phi) is 4.56. The van der Waals surface area contributed by atoms with Crippen molar-refractivity contribution in [2.24, 2.45) is 0 Å². The van der Waals surface area contributed by atoms with Gasteiger partial charge in [-0.2, -0.15) is 0 Å². The van der Waals surface area contributed by atoms with Gasteiger partial charge in [0.05, 0.1) is 10.5 Å². The second-order valence-electron chi connectivity index (χ2n) is 5.15. The first-order chi connectivity index (χ1) is 12.4. The molecule has 0 saturated carbocycles. The minimum atomic E-state index is -1.27. The van der Waals surface area contributed by atoms with Crippen molar-refractivity contribution in [3.05, 3.63) is 52.1 Å². The Balaban J connectivity index is 1.68. The van der Waals surface area contributed by atoms with Gasteiger partial charge in [-0.25, -0.2) is 4.79 Å². The predicted octanol–water partition coefficient (Wildman–Crippen LogP) is 2.04. The third-order valence-electron chi connectivity index (χ3n) is 3.42. The van der Waals surface area contributed by atoms with Crippen LogP contribution in [0.5, 0.6) is 17.2 Å². The Labute approximate surface area is 146 Å². The molecule has 0 saturated heterocycles. The fraction of sp³-hybridized carbons (Fsp3) is 0.125. The first-order valence-corrected chi connectivity index (χ1v) is 7.28. The Hall–Kier alpha value is -3.82. The van der Waals surface area contributed by atoms with E-state index in [1.54, 1.807) is 18.2 Å². The second kappa shape index (κ2) is 6.97. The maximum atomic E-state index is 12.0. The van der Waals surface area contributed by atoms with Crippen molar-refractivity contribution < 1.29 is 33.8 Å². The summed E-state index contributed by atoms with van der Waals surface area (Å²) in [6.45, 7) is -0.447. The Morgan fingerprint density at radius 1 is 1.19 bits per heavy atom. The van der Waals surface area contributed by atoms with E-state index in [2.05, 4.69) is 5.32 Å². The number of benzene rings is 2. The molecule has 1 amide bonds. The number of nitro groups is 1. The van der Waals surface area contributed by atoms with Crippen LogP contribution < -0.4 is 19.5 Å². The predicted molar refractivity (Wildman–Crippen MR) is 86.7 cm³/mol. The zero-order valence-corrected chi connectivity index (χ0v) is 13.1. The lowest BCUT2D eigenvalue weighted by Gasteiger charge is -2.09. The number of nitro benzene ring substituents is 1. The number of carboxylic acid groups (broad SMARTS) is 1. The number of ether oxygens (including phenoxy) is 3. The van der Waals surface area contributed by atoms with Gasteiger partial charge in [-0.1, -0.05) is 0 Å². The Morgan fingerprint density at radius 2 is 1.96 bits per heavy atom. The number of amides is 1. The molecule has 10 heteroatoms. The summed E-state index contributed by atoms with van der Waals surface area (Å²) in [7, 11) is 0. The number of hydrogen-bond acceptors (Lipinski definition) is 7. The zero-order chi connectivity index (χ0) is 18.7. The third-order valence-corrected chi connectivity index (χ3v) is 3.42. The van der Waals surface area contributed by atoms with Crippen LogP contribution in [-0.4, -0.2) is 35.3 Å². The maximum Gasteiger partial charge on any atom is 0.335 e. The molecule has 0 aliphatic carbocycles. The molecule has 10 nitrogen and oxygen atoms in total. The minimum Gasteiger partial charge on any atom is -0.478 e. The van der Waals surface area contributed by atoms with E-state index in [-0.39, 0.29) is 18.1 Å². The fourth-order valence-corrected chi connectivity index (χ4v) is 2.23. The second-order valence-corrected chi connectivity index (χ2v) is 5.15. The smallest absolute Gasteiger partial charge is 0.335 e. The van der Waals surface area contributed by atoms with Gasteiger partial charge >= 0.3 is 11.7 Å². The van der Waals surface area contributed by atoms with Gasteiger partial charge in [-0.15, -0.1) is 0 Å². The van der Waals surface area contributed by atoms with E-state index in [9.17, 15) is 19.7 Å². The molecule has 2 N–H and O–H groups in total. The van der Waals surface area contributed by atoms with Gasteiger partial charge in [-0.05, 0) is 18.2 Å². The van der Waals surface area contributed by atoms with Gasteiger partial charge in [0.15, 0.2) is 23.9 Å². The van der Waals surface area contributed by atoms with E-state index in [1.165, 1.54) is 0 Å². The maximum absolute atomic E-state index is 12.0. The molecule has 0 radical (unpaired) electrons. The monoisotopic (exact) mass is 360 g/mol. The molecule has 0 atom stereocenters. The lowest BCUT2D eigenvalue weighted by atomic mass is 10.2. The van der Waals surface area contributed by atoms with E-state index in [4.69, 9.17) is 19.3 Å². The number of hydrogen-bond donors (Lipinski definition) is 2. The molecule has 2 aromatic rings. The van der Waals surface area contributed by atoms with E-state index in [0.29, 0.717) is 17.2 Å². The quantitative estimate of drug-likeness (QED) is 0.590. The first-order valence-electron chi connectivity index (χ1n) is 7.28. The average molecular weight is 360 g/mol. The summed E-state index contributed by atoms with van der Waals surface area (Å²) in [6.07, 6.45) is 0. The van der Waals surface area contributed by atoms with Crippen molar-refractivity contribution >= 4 is 23.3 Å². The molecule has 3 rings (SSSR count). The van der Waals surface area contributed by atoms with Crippen molar-refractivity contribution in [3.63, 3.8) is 0 Å². The summed E-state index contributed by atoms with van der Waals surface area (Å²) in [5, 5.41) is 22.5. The highest BCUT2D eigenvalue weighted by molar-refractivity contribution is 5.92. The molecule has 0 spiro atoms. The molecule has 1 aliphatic heterocycles. The van der Waals surface area contributed by atoms with Crippen LogP contribution in [0.25, 0.3) is 0 Å². The topological polar surface area (TPSA) is 137 Å². The van der Waals surface area contributed by atoms with E-state index in [0.717, 1.165) is 18.2 Å². The zero-order valence-electron chi connectivity index (χ0n) is 13.1. The molecule has 1 aliphatic rings. The molecular formula is C16H12N2O8. The van der Waals surface area contributed by atoms with Crippen LogP contribution in [0.3, 0.4) is 0 Å². The van der Waals surface area contributed by atoms with Gasteiger partial charge in [-0.3, -0.25) is 14.9 Å². The molecule has 0 aromatic heterocycles. The SMILES string of the molecule is O=C(COc1cc(C(=O)O)ccc1[N+](=O)[O-])Nc1ccc2c(c1)OCO2. The summed E-state index contributed by atoms with van der Waals surface area (Å²) in [5.41, 5.74) is -0.204. The number of carbonyl (C=O) groups excluding carboxylic acids is 1. The number of carboxylic acids is 1. The van der Waals surface area contributed by atoms with Crippen LogP contribution in [0.15, 0.2) is 36.4 Å². The van der Waals surface area contributed by atoms with Crippen molar-refractivity contribution in [1.82, 2.24) is 0 Å². The minimum absolute atomic E-state index is 0.0967. The molecular weight excluding hydrogens is 348 g/mol. The number of carbonyl (C=O) groups is 2. The van der Waals surface area contributed by atoms with Gasteiger partial charge in [0, 0.05) is 23.9 Å². The third kappa shape index (κ3) is 3.64. The summed E-state index contributed by atoms with van der Waals surface area (Å²) in [5.74, 6) is -1.13. The van der Waals surface area contributed by atoms with Crippen molar-refractivity contribution in [2.75, 3.05) is 18.7 Å².